The Kier molecular flexibility index (Phi) is 6.56. The first kappa shape index (κ1) is 19.1. The van der Waals surface area contributed by atoms with Gasteiger partial charge in [0.2, 0.25) is 0 Å². The maximum absolute atomic E-state index is 13.5. The van der Waals surface area contributed by atoms with Gasteiger partial charge in [-0.05, 0) is 48.7 Å². The molecule has 0 unspecified atom stereocenters. The highest BCUT2D eigenvalue weighted by Gasteiger charge is 2.33. The van der Waals surface area contributed by atoms with Crippen molar-refractivity contribution in [2.24, 2.45) is 0 Å². The number of phosphoric ester groups is 1. The van der Waals surface area contributed by atoms with Crippen LogP contribution in [-0.2, 0) is 11.0 Å². The SMILES string of the molecule is CCCCc1ccccc1OP(=O)(Oc1ccccc1)Oc1ccccc1. The van der Waals surface area contributed by atoms with E-state index >= 15 is 0 Å². The van der Waals surface area contributed by atoms with E-state index in [0.29, 0.717) is 17.2 Å². The number of hydrogen-bond acceptors (Lipinski definition) is 4. The Bertz CT molecular complexity index is 836. The third kappa shape index (κ3) is 5.63. The Morgan fingerprint density at radius 2 is 1.22 bits per heavy atom. The van der Waals surface area contributed by atoms with Crippen LogP contribution in [0.3, 0.4) is 0 Å². The zero-order valence-corrected chi connectivity index (χ0v) is 16.2. The molecule has 140 valence electrons. The molecule has 0 saturated carbocycles. The van der Waals surface area contributed by atoms with Crippen LogP contribution in [0.4, 0.5) is 0 Å². The Labute approximate surface area is 160 Å². The molecule has 0 saturated heterocycles. The Balaban J connectivity index is 1.89. The molecule has 5 heteroatoms. The minimum absolute atomic E-state index is 0.419. The van der Waals surface area contributed by atoms with Crippen molar-refractivity contribution in [2.75, 3.05) is 0 Å². The summed E-state index contributed by atoms with van der Waals surface area (Å²) in [5.74, 6) is 1.35. The van der Waals surface area contributed by atoms with Crippen molar-refractivity contribution in [2.45, 2.75) is 26.2 Å². The van der Waals surface area contributed by atoms with E-state index in [1.807, 2.05) is 30.3 Å². The summed E-state index contributed by atoms with van der Waals surface area (Å²) >= 11 is 0. The summed E-state index contributed by atoms with van der Waals surface area (Å²) in [5.41, 5.74) is 0.980. The molecule has 27 heavy (non-hydrogen) atoms. The van der Waals surface area contributed by atoms with Crippen LogP contribution in [0.2, 0.25) is 0 Å². The number of hydrogen-bond donors (Lipinski definition) is 0. The Morgan fingerprint density at radius 3 is 1.78 bits per heavy atom. The molecule has 0 spiro atoms. The molecule has 0 fully saturated rings. The summed E-state index contributed by atoms with van der Waals surface area (Å²) in [6.45, 7) is 2.13. The van der Waals surface area contributed by atoms with Crippen LogP contribution in [0.5, 0.6) is 17.2 Å². The molecular weight excluding hydrogens is 359 g/mol. The first-order valence-corrected chi connectivity index (χ1v) is 10.5. The summed E-state index contributed by atoms with van der Waals surface area (Å²) in [4.78, 5) is 0. The van der Waals surface area contributed by atoms with Gasteiger partial charge in [-0.25, -0.2) is 0 Å². The summed E-state index contributed by atoms with van der Waals surface area (Å²) < 4.78 is 30.7. The normalized spacial score (nSPS) is 11.0. The Morgan fingerprint density at radius 1 is 0.704 bits per heavy atom. The molecule has 3 rings (SSSR count). The first-order chi connectivity index (χ1) is 13.2. The van der Waals surface area contributed by atoms with Crippen LogP contribution in [0.15, 0.2) is 84.9 Å². The van der Waals surface area contributed by atoms with Gasteiger partial charge in [0.1, 0.15) is 17.2 Å². The third-order valence-electron chi connectivity index (χ3n) is 3.90. The van der Waals surface area contributed by atoms with Crippen LogP contribution >= 0.6 is 7.82 Å². The van der Waals surface area contributed by atoms with Crippen LogP contribution in [0.1, 0.15) is 25.3 Å². The highest BCUT2D eigenvalue weighted by Crippen LogP contribution is 2.50. The lowest BCUT2D eigenvalue weighted by molar-refractivity contribution is 0.297. The number of phosphoric acid groups is 1. The predicted molar refractivity (Wildman–Crippen MR) is 107 cm³/mol. The lowest BCUT2D eigenvalue weighted by atomic mass is 10.1. The lowest BCUT2D eigenvalue weighted by Crippen LogP contribution is -2.08. The van der Waals surface area contributed by atoms with Crippen molar-refractivity contribution in [3.8, 4) is 17.2 Å². The second-order valence-electron chi connectivity index (χ2n) is 6.06. The standard InChI is InChI=1S/C22H23O4P/c1-2-3-12-19-13-10-11-18-22(19)26-27(23,24-20-14-6-4-7-15-20)25-21-16-8-5-9-17-21/h4-11,13-18H,2-3,12H2,1H3. The van der Waals surface area contributed by atoms with Gasteiger partial charge in [0, 0.05) is 0 Å². The minimum atomic E-state index is -3.94. The molecule has 3 aromatic carbocycles. The second-order valence-corrected chi connectivity index (χ2v) is 7.50. The fraction of sp³-hybridized carbons (Fsp3) is 0.182. The summed E-state index contributed by atoms with van der Waals surface area (Å²) in [5, 5.41) is 0. The zero-order chi connectivity index (χ0) is 19.0. The van der Waals surface area contributed by atoms with E-state index in [-0.39, 0.29) is 0 Å². The quantitative estimate of drug-likeness (QED) is 0.388. The molecule has 0 amide bonds. The highest BCUT2D eigenvalue weighted by atomic mass is 31.2. The van der Waals surface area contributed by atoms with Gasteiger partial charge in [-0.2, -0.15) is 4.57 Å². The van der Waals surface area contributed by atoms with Crippen molar-refractivity contribution in [3.63, 3.8) is 0 Å². The average Bonchev–Trinajstić information content (AvgIpc) is 2.68. The van der Waals surface area contributed by atoms with E-state index in [4.69, 9.17) is 13.6 Å². The first-order valence-electron chi connectivity index (χ1n) is 9.05. The molecule has 0 N–H and O–H groups in total. The van der Waals surface area contributed by atoms with Crippen molar-refractivity contribution in [1.82, 2.24) is 0 Å². The van der Waals surface area contributed by atoms with Crippen molar-refractivity contribution in [3.05, 3.63) is 90.5 Å². The molecule has 4 nitrogen and oxygen atoms in total. The van der Waals surface area contributed by atoms with Gasteiger partial charge in [-0.1, -0.05) is 67.9 Å². The number of unbranched alkanes of at least 4 members (excludes halogenated alkanes) is 1. The molecule has 0 radical (unpaired) electrons. The van der Waals surface area contributed by atoms with E-state index in [0.717, 1.165) is 24.8 Å². The van der Waals surface area contributed by atoms with E-state index in [1.165, 1.54) is 0 Å². The molecule has 0 atom stereocenters. The average molecular weight is 382 g/mol. The van der Waals surface area contributed by atoms with E-state index < -0.39 is 7.82 Å². The van der Waals surface area contributed by atoms with E-state index in [9.17, 15) is 4.57 Å². The van der Waals surface area contributed by atoms with Gasteiger partial charge in [-0.15, -0.1) is 0 Å². The number of rotatable bonds is 9. The van der Waals surface area contributed by atoms with Crippen LogP contribution in [0.25, 0.3) is 0 Å². The van der Waals surface area contributed by atoms with Crippen molar-refractivity contribution >= 4 is 7.82 Å². The molecule has 0 aromatic heterocycles. The summed E-state index contributed by atoms with van der Waals surface area (Å²) in [6, 6.07) is 25.3. The topological polar surface area (TPSA) is 44.8 Å². The van der Waals surface area contributed by atoms with Gasteiger partial charge < -0.3 is 13.6 Å². The fourth-order valence-corrected chi connectivity index (χ4v) is 3.85. The van der Waals surface area contributed by atoms with Gasteiger partial charge in [0.25, 0.3) is 0 Å². The highest BCUT2D eigenvalue weighted by molar-refractivity contribution is 7.49. The maximum atomic E-state index is 13.5. The summed E-state index contributed by atoms with van der Waals surface area (Å²) in [6.07, 6.45) is 2.92. The van der Waals surface area contributed by atoms with Crippen LogP contribution in [0, 0.1) is 0 Å². The third-order valence-corrected chi connectivity index (χ3v) is 5.19. The van der Waals surface area contributed by atoms with Crippen molar-refractivity contribution in [1.29, 1.82) is 0 Å². The molecule has 0 bridgehead atoms. The van der Waals surface area contributed by atoms with Gasteiger partial charge >= 0.3 is 7.82 Å². The van der Waals surface area contributed by atoms with Crippen molar-refractivity contribution < 1.29 is 18.1 Å². The predicted octanol–water partition coefficient (Wildman–Crippen LogP) is 6.67. The van der Waals surface area contributed by atoms with Gasteiger partial charge in [-0.3, -0.25) is 0 Å². The van der Waals surface area contributed by atoms with Crippen LogP contribution in [-0.4, -0.2) is 0 Å². The zero-order valence-electron chi connectivity index (χ0n) is 15.3. The van der Waals surface area contributed by atoms with E-state index in [1.54, 1.807) is 54.6 Å². The Hall–Kier alpha value is -2.71. The minimum Gasteiger partial charge on any atom is -0.386 e. The lowest BCUT2D eigenvalue weighted by Gasteiger charge is -2.20. The molecule has 0 aliphatic heterocycles. The molecule has 0 aliphatic rings. The largest absolute Gasteiger partial charge is 0.647 e. The van der Waals surface area contributed by atoms with E-state index in [2.05, 4.69) is 6.92 Å². The van der Waals surface area contributed by atoms with Gasteiger partial charge in [0.05, 0.1) is 0 Å². The monoisotopic (exact) mass is 382 g/mol. The maximum Gasteiger partial charge on any atom is 0.647 e. The number of para-hydroxylation sites is 3. The second kappa shape index (κ2) is 9.29. The molecule has 3 aromatic rings. The smallest absolute Gasteiger partial charge is 0.386 e. The number of benzene rings is 3. The molecular formula is C22H23O4P. The summed E-state index contributed by atoms with van der Waals surface area (Å²) in [7, 11) is -3.94. The van der Waals surface area contributed by atoms with Crippen LogP contribution < -0.4 is 13.6 Å². The fourth-order valence-electron chi connectivity index (χ4n) is 2.56. The molecule has 0 heterocycles. The van der Waals surface area contributed by atoms with Gasteiger partial charge in [0.15, 0.2) is 0 Å². The number of aryl methyl sites for hydroxylation is 1. The molecule has 0 aliphatic carbocycles.